The van der Waals surface area contributed by atoms with Crippen molar-refractivity contribution in [3.8, 4) is 11.4 Å². The van der Waals surface area contributed by atoms with Gasteiger partial charge in [0.05, 0.1) is 5.75 Å². The molecule has 0 bridgehead atoms. The van der Waals surface area contributed by atoms with Crippen LogP contribution in [-0.4, -0.2) is 43.5 Å². The summed E-state index contributed by atoms with van der Waals surface area (Å²) in [6, 6.07) is 7.94. The van der Waals surface area contributed by atoms with Gasteiger partial charge in [-0.1, -0.05) is 41.6 Å². The van der Waals surface area contributed by atoms with Gasteiger partial charge in [-0.2, -0.15) is 0 Å². The second-order valence-electron chi connectivity index (χ2n) is 5.78. The Morgan fingerprint density at radius 1 is 1.29 bits per heavy atom. The fourth-order valence-corrected chi connectivity index (χ4v) is 2.97. The highest BCUT2D eigenvalue weighted by atomic mass is 32.2. The zero-order valence-corrected chi connectivity index (χ0v) is 14.0. The van der Waals surface area contributed by atoms with Crippen LogP contribution >= 0.6 is 11.8 Å². The lowest BCUT2D eigenvalue weighted by atomic mass is 10.1. The minimum atomic E-state index is -0.979. The van der Waals surface area contributed by atoms with Gasteiger partial charge in [0.15, 0.2) is 11.0 Å². The molecule has 24 heavy (non-hydrogen) atoms. The average molecular weight is 346 g/mol. The largest absolute Gasteiger partial charge is 0.480 e. The lowest BCUT2D eigenvalue weighted by Gasteiger charge is -2.08. The van der Waals surface area contributed by atoms with E-state index in [2.05, 4.69) is 15.5 Å². The van der Waals surface area contributed by atoms with Gasteiger partial charge in [0, 0.05) is 11.6 Å². The maximum absolute atomic E-state index is 11.8. The minimum Gasteiger partial charge on any atom is -0.480 e. The molecule has 7 nitrogen and oxygen atoms in total. The number of nitrogens with zero attached hydrogens (tertiary/aromatic N) is 3. The molecule has 0 saturated heterocycles. The van der Waals surface area contributed by atoms with Crippen molar-refractivity contribution in [3.05, 3.63) is 29.8 Å². The number of carboxylic acids is 1. The summed E-state index contributed by atoms with van der Waals surface area (Å²) in [5, 5.41) is 20.7. The van der Waals surface area contributed by atoms with Gasteiger partial charge in [-0.3, -0.25) is 14.2 Å². The standard InChI is InChI=1S/C16H18N4O3S/c1-10-2-4-11(5-3-10)15-18-19-16(20(15)8-14(22)23)24-9-13(21)17-12-6-7-12/h2-5,12H,6-9H2,1H3,(H,17,21)(H,22,23). The number of carbonyl (C=O) groups excluding carboxylic acids is 1. The van der Waals surface area contributed by atoms with Crippen LogP contribution in [0.15, 0.2) is 29.4 Å². The van der Waals surface area contributed by atoms with E-state index in [9.17, 15) is 9.59 Å². The predicted molar refractivity (Wildman–Crippen MR) is 89.7 cm³/mol. The zero-order valence-electron chi connectivity index (χ0n) is 13.2. The lowest BCUT2D eigenvalue weighted by molar-refractivity contribution is -0.137. The quantitative estimate of drug-likeness (QED) is 0.741. The molecule has 1 heterocycles. The van der Waals surface area contributed by atoms with Crippen LogP contribution < -0.4 is 5.32 Å². The van der Waals surface area contributed by atoms with Crippen LogP contribution in [0.25, 0.3) is 11.4 Å². The van der Waals surface area contributed by atoms with E-state index in [1.54, 1.807) is 0 Å². The highest BCUT2D eigenvalue weighted by Crippen LogP contribution is 2.25. The first-order valence-corrected chi connectivity index (χ1v) is 8.65. The Morgan fingerprint density at radius 3 is 2.62 bits per heavy atom. The number of hydrogen-bond acceptors (Lipinski definition) is 5. The van der Waals surface area contributed by atoms with Gasteiger partial charge in [-0.05, 0) is 19.8 Å². The van der Waals surface area contributed by atoms with Crippen LogP contribution in [-0.2, 0) is 16.1 Å². The summed E-state index contributed by atoms with van der Waals surface area (Å²) in [7, 11) is 0. The number of thioether (sulfide) groups is 1. The van der Waals surface area contributed by atoms with Gasteiger partial charge in [-0.25, -0.2) is 0 Å². The molecule has 1 amide bonds. The number of aryl methyl sites for hydroxylation is 1. The van der Waals surface area contributed by atoms with E-state index in [4.69, 9.17) is 5.11 Å². The number of aromatic nitrogens is 3. The molecule has 3 rings (SSSR count). The van der Waals surface area contributed by atoms with Gasteiger partial charge in [0.2, 0.25) is 5.91 Å². The topological polar surface area (TPSA) is 97.1 Å². The van der Waals surface area contributed by atoms with E-state index in [-0.39, 0.29) is 18.2 Å². The third-order valence-corrected chi connectivity index (χ3v) is 4.56. The lowest BCUT2D eigenvalue weighted by Crippen LogP contribution is -2.27. The van der Waals surface area contributed by atoms with Gasteiger partial charge in [0.1, 0.15) is 6.54 Å². The van der Waals surface area contributed by atoms with Crippen molar-refractivity contribution in [2.45, 2.75) is 37.5 Å². The molecule has 1 aliphatic carbocycles. The number of amides is 1. The Labute approximate surface area is 143 Å². The molecule has 1 fully saturated rings. The molecule has 8 heteroatoms. The number of benzene rings is 1. The molecular formula is C16H18N4O3S. The summed E-state index contributed by atoms with van der Waals surface area (Å²) in [6.45, 7) is 1.73. The van der Waals surface area contributed by atoms with E-state index in [0.29, 0.717) is 17.0 Å². The number of rotatable bonds is 7. The van der Waals surface area contributed by atoms with E-state index in [1.807, 2.05) is 31.2 Å². The molecule has 1 saturated carbocycles. The van der Waals surface area contributed by atoms with Crippen molar-refractivity contribution in [1.82, 2.24) is 20.1 Å². The van der Waals surface area contributed by atoms with Crippen LogP contribution in [0, 0.1) is 6.92 Å². The molecule has 1 aliphatic rings. The normalized spacial score (nSPS) is 13.7. The SMILES string of the molecule is Cc1ccc(-c2nnc(SCC(=O)NC3CC3)n2CC(=O)O)cc1. The van der Waals surface area contributed by atoms with Crippen molar-refractivity contribution in [1.29, 1.82) is 0 Å². The molecule has 0 aliphatic heterocycles. The van der Waals surface area contributed by atoms with Gasteiger partial charge in [0.25, 0.3) is 0 Å². The van der Waals surface area contributed by atoms with E-state index in [1.165, 1.54) is 16.3 Å². The van der Waals surface area contributed by atoms with Crippen LogP contribution in [0.1, 0.15) is 18.4 Å². The Bertz CT molecular complexity index is 753. The van der Waals surface area contributed by atoms with Gasteiger partial charge < -0.3 is 10.4 Å². The first-order chi connectivity index (χ1) is 11.5. The Hall–Kier alpha value is -2.35. The van der Waals surface area contributed by atoms with Gasteiger partial charge >= 0.3 is 5.97 Å². The third-order valence-electron chi connectivity index (χ3n) is 3.59. The summed E-state index contributed by atoms with van der Waals surface area (Å²) in [4.78, 5) is 23.0. The second-order valence-corrected chi connectivity index (χ2v) is 6.73. The average Bonchev–Trinajstić information content (AvgIpc) is 3.26. The molecule has 0 atom stereocenters. The molecule has 0 radical (unpaired) electrons. The molecular weight excluding hydrogens is 328 g/mol. The van der Waals surface area contributed by atoms with E-state index >= 15 is 0 Å². The highest BCUT2D eigenvalue weighted by Gasteiger charge is 2.24. The first-order valence-electron chi connectivity index (χ1n) is 7.67. The molecule has 0 spiro atoms. The van der Waals surface area contributed by atoms with Gasteiger partial charge in [-0.15, -0.1) is 10.2 Å². The van der Waals surface area contributed by atoms with Crippen LogP contribution in [0.2, 0.25) is 0 Å². The van der Waals surface area contributed by atoms with Crippen molar-refractivity contribution in [3.63, 3.8) is 0 Å². The van der Waals surface area contributed by atoms with Crippen molar-refractivity contribution in [2.75, 3.05) is 5.75 Å². The molecule has 1 aromatic carbocycles. The van der Waals surface area contributed by atoms with Crippen LogP contribution in [0.4, 0.5) is 0 Å². The number of hydrogen-bond donors (Lipinski definition) is 2. The summed E-state index contributed by atoms with van der Waals surface area (Å²) in [6.07, 6.45) is 2.06. The van der Waals surface area contributed by atoms with Crippen LogP contribution in [0.3, 0.4) is 0 Å². The minimum absolute atomic E-state index is 0.0655. The summed E-state index contributed by atoms with van der Waals surface area (Å²) in [5.41, 5.74) is 1.90. The smallest absolute Gasteiger partial charge is 0.323 e. The van der Waals surface area contributed by atoms with Crippen molar-refractivity contribution in [2.24, 2.45) is 0 Å². The van der Waals surface area contributed by atoms with Crippen molar-refractivity contribution < 1.29 is 14.7 Å². The predicted octanol–water partition coefficient (Wildman–Crippen LogP) is 1.71. The zero-order chi connectivity index (χ0) is 17.1. The molecule has 1 aromatic heterocycles. The Morgan fingerprint density at radius 2 is 2.00 bits per heavy atom. The molecule has 2 N–H and O–H groups in total. The first kappa shape index (κ1) is 16.5. The number of aliphatic carboxylic acids is 1. The fourth-order valence-electron chi connectivity index (χ4n) is 2.22. The summed E-state index contributed by atoms with van der Waals surface area (Å²) in [5.74, 6) is -0.360. The number of carboxylic acid groups (broad SMARTS) is 1. The Balaban J connectivity index is 1.78. The van der Waals surface area contributed by atoms with Crippen LogP contribution in [0.5, 0.6) is 0 Å². The monoisotopic (exact) mass is 346 g/mol. The summed E-state index contributed by atoms with van der Waals surface area (Å²) < 4.78 is 1.53. The fraction of sp³-hybridized carbons (Fsp3) is 0.375. The van der Waals surface area contributed by atoms with Crippen molar-refractivity contribution >= 4 is 23.6 Å². The number of nitrogens with one attached hydrogen (secondary N) is 1. The molecule has 2 aromatic rings. The molecule has 126 valence electrons. The second kappa shape index (κ2) is 7.04. The van der Waals surface area contributed by atoms with E-state index < -0.39 is 5.97 Å². The molecule has 0 unspecified atom stereocenters. The highest BCUT2D eigenvalue weighted by molar-refractivity contribution is 7.99. The number of carbonyl (C=O) groups is 2. The maximum Gasteiger partial charge on any atom is 0.323 e. The summed E-state index contributed by atoms with van der Waals surface area (Å²) >= 11 is 1.20. The Kier molecular flexibility index (Phi) is 4.84. The van der Waals surface area contributed by atoms with E-state index in [0.717, 1.165) is 24.0 Å². The maximum atomic E-state index is 11.8. The third kappa shape index (κ3) is 4.14.